The van der Waals surface area contributed by atoms with Crippen molar-refractivity contribution >= 4 is 17.9 Å². The first kappa shape index (κ1) is 19.8. The summed E-state index contributed by atoms with van der Waals surface area (Å²) >= 11 is 0. The van der Waals surface area contributed by atoms with Gasteiger partial charge in [0.05, 0.1) is 23.3 Å². The molecule has 0 aromatic heterocycles. The highest BCUT2D eigenvalue weighted by atomic mass is 16.6. The third kappa shape index (κ3) is 3.37. The summed E-state index contributed by atoms with van der Waals surface area (Å²) in [5, 5.41) is 11.3. The van der Waals surface area contributed by atoms with Gasteiger partial charge >= 0.3 is 17.9 Å². The van der Waals surface area contributed by atoms with Gasteiger partial charge in [-0.05, 0) is 36.8 Å². The van der Waals surface area contributed by atoms with Crippen LogP contribution in [0, 0.1) is 0 Å². The molecule has 7 nitrogen and oxygen atoms in total. The standard InChI is InChI=1S/C23H20O7/c1-14-17-22(26)28-13-12-23(17,27)19(30-21(25)16-10-6-3-7-11-16)18(14)29-20(24)15-8-4-2-5-9-15/h2-11,18-19,27H,12-13H2,1H3/t18-,19-,23+/m1/s1. The van der Waals surface area contributed by atoms with Gasteiger partial charge in [-0.25, -0.2) is 14.4 Å². The predicted octanol–water partition coefficient (Wildman–Crippen LogP) is 2.45. The molecule has 30 heavy (non-hydrogen) atoms. The number of hydrogen-bond acceptors (Lipinski definition) is 7. The molecule has 2 aliphatic rings. The van der Waals surface area contributed by atoms with Gasteiger partial charge in [-0.3, -0.25) is 0 Å². The number of aliphatic hydroxyl groups is 1. The van der Waals surface area contributed by atoms with E-state index >= 15 is 0 Å². The minimum absolute atomic E-state index is 0.0227. The SMILES string of the molecule is CC1=C2C(=O)OCC[C@@]2(O)[C@H](OC(=O)c2ccccc2)[C@@H]1OC(=O)c1ccccc1. The molecule has 1 saturated heterocycles. The molecule has 1 aliphatic heterocycles. The van der Waals surface area contributed by atoms with E-state index in [0.717, 1.165) is 0 Å². The second kappa shape index (κ2) is 7.76. The molecule has 0 bridgehead atoms. The highest BCUT2D eigenvalue weighted by molar-refractivity contribution is 5.95. The van der Waals surface area contributed by atoms with Crippen molar-refractivity contribution in [1.82, 2.24) is 0 Å². The lowest BCUT2D eigenvalue weighted by Gasteiger charge is -2.35. The van der Waals surface area contributed by atoms with Crippen LogP contribution in [0.3, 0.4) is 0 Å². The van der Waals surface area contributed by atoms with Crippen molar-refractivity contribution in [3.63, 3.8) is 0 Å². The third-order valence-corrected chi connectivity index (χ3v) is 5.41. The Bertz CT molecular complexity index is 1010. The summed E-state index contributed by atoms with van der Waals surface area (Å²) in [7, 11) is 0. The average molecular weight is 408 g/mol. The molecule has 2 aromatic rings. The fourth-order valence-corrected chi connectivity index (χ4v) is 3.90. The second-order valence-electron chi connectivity index (χ2n) is 7.25. The largest absolute Gasteiger partial charge is 0.462 e. The Kier molecular flexibility index (Phi) is 5.13. The number of fused-ring (bicyclic) bond motifs is 1. The predicted molar refractivity (Wildman–Crippen MR) is 105 cm³/mol. The Morgan fingerprint density at radius 2 is 1.50 bits per heavy atom. The van der Waals surface area contributed by atoms with E-state index in [4.69, 9.17) is 14.2 Å². The molecule has 0 amide bonds. The Morgan fingerprint density at radius 1 is 0.967 bits per heavy atom. The normalized spacial score (nSPS) is 25.3. The Morgan fingerprint density at radius 3 is 2.07 bits per heavy atom. The van der Waals surface area contributed by atoms with E-state index < -0.39 is 35.7 Å². The highest BCUT2D eigenvalue weighted by Gasteiger charge is 2.60. The van der Waals surface area contributed by atoms with Gasteiger partial charge in [0.25, 0.3) is 0 Å². The summed E-state index contributed by atoms with van der Waals surface area (Å²) in [6.07, 6.45) is -2.38. The summed E-state index contributed by atoms with van der Waals surface area (Å²) in [5.41, 5.74) is -0.944. The molecule has 0 unspecified atom stereocenters. The number of carbonyl (C=O) groups is 3. The van der Waals surface area contributed by atoms with Crippen molar-refractivity contribution in [2.24, 2.45) is 0 Å². The Labute approximate surface area is 172 Å². The van der Waals surface area contributed by atoms with Crippen LogP contribution in [-0.2, 0) is 19.0 Å². The maximum absolute atomic E-state index is 12.7. The molecule has 2 aromatic carbocycles. The van der Waals surface area contributed by atoms with Crippen molar-refractivity contribution < 1.29 is 33.7 Å². The van der Waals surface area contributed by atoms with E-state index in [1.54, 1.807) is 67.6 Å². The monoisotopic (exact) mass is 408 g/mol. The van der Waals surface area contributed by atoms with Crippen LogP contribution in [0.2, 0.25) is 0 Å². The van der Waals surface area contributed by atoms with E-state index in [1.165, 1.54) is 0 Å². The van der Waals surface area contributed by atoms with Crippen molar-refractivity contribution in [3.05, 3.63) is 82.9 Å². The molecular formula is C23H20O7. The Balaban J connectivity index is 1.68. The first-order valence-electron chi connectivity index (χ1n) is 9.54. The number of ether oxygens (including phenoxy) is 3. The molecule has 154 valence electrons. The quantitative estimate of drug-likeness (QED) is 0.613. The maximum atomic E-state index is 12.7. The molecule has 0 spiro atoms. The van der Waals surface area contributed by atoms with E-state index in [1.807, 2.05) is 0 Å². The summed E-state index contributed by atoms with van der Waals surface area (Å²) in [6, 6.07) is 16.6. The van der Waals surface area contributed by atoms with Crippen molar-refractivity contribution in [3.8, 4) is 0 Å². The number of benzene rings is 2. The first-order valence-corrected chi connectivity index (χ1v) is 9.54. The summed E-state index contributed by atoms with van der Waals surface area (Å²) < 4.78 is 16.3. The van der Waals surface area contributed by atoms with E-state index in [2.05, 4.69) is 0 Å². The molecule has 4 rings (SSSR count). The zero-order chi connectivity index (χ0) is 21.3. The molecule has 0 saturated carbocycles. The molecule has 7 heteroatoms. The average Bonchev–Trinajstić information content (AvgIpc) is 2.96. The van der Waals surface area contributed by atoms with E-state index in [-0.39, 0.29) is 24.2 Å². The van der Waals surface area contributed by atoms with Gasteiger partial charge < -0.3 is 19.3 Å². The van der Waals surface area contributed by atoms with Crippen LogP contribution in [0.25, 0.3) is 0 Å². The van der Waals surface area contributed by atoms with Crippen LogP contribution < -0.4 is 0 Å². The minimum Gasteiger partial charge on any atom is -0.462 e. The Hall–Kier alpha value is -3.45. The summed E-state index contributed by atoms with van der Waals surface area (Å²) in [5.74, 6) is -2.06. The second-order valence-corrected chi connectivity index (χ2v) is 7.25. The number of esters is 3. The molecule has 0 radical (unpaired) electrons. The third-order valence-electron chi connectivity index (χ3n) is 5.41. The van der Waals surface area contributed by atoms with Crippen molar-refractivity contribution in [2.45, 2.75) is 31.2 Å². The highest BCUT2D eigenvalue weighted by Crippen LogP contribution is 2.45. The van der Waals surface area contributed by atoms with Crippen LogP contribution in [0.15, 0.2) is 71.8 Å². The van der Waals surface area contributed by atoms with Gasteiger partial charge in [0.1, 0.15) is 5.60 Å². The van der Waals surface area contributed by atoms with Crippen LogP contribution in [0.4, 0.5) is 0 Å². The first-order chi connectivity index (χ1) is 14.4. The summed E-state index contributed by atoms with van der Waals surface area (Å²) in [4.78, 5) is 37.7. The van der Waals surface area contributed by atoms with Crippen LogP contribution in [0.5, 0.6) is 0 Å². The molecule has 1 heterocycles. The van der Waals surface area contributed by atoms with Crippen LogP contribution >= 0.6 is 0 Å². The van der Waals surface area contributed by atoms with Crippen LogP contribution in [0.1, 0.15) is 34.1 Å². The van der Waals surface area contributed by atoms with Gasteiger partial charge in [-0.2, -0.15) is 0 Å². The fourth-order valence-electron chi connectivity index (χ4n) is 3.90. The van der Waals surface area contributed by atoms with Crippen molar-refractivity contribution in [2.75, 3.05) is 6.61 Å². The lowest BCUT2D eigenvalue weighted by Crippen LogP contribution is -2.52. The maximum Gasteiger partial charge on any atom is 0.338 e. The van der Waals surface area contributed by atoms with Gasteiger partial charge in [-0.15, -0.1) is 0 Å². The topological polar surface area (TPSA) is 99.1 Å². The van der Waals surface area contributed by atoms with Crippen LogP contribution in [-0.4, -0.2) is 47.4 Å². The number of rotatable bonds is 4. The van der Waals surface area contributed by atoms with Gasteiger partial charge in [0.2, 0.25) is 0 Å². The zero-order valence-corrected chi connectivity index (χ0v) is 16.2. The number of carbonyl (C=O) groups excluding carboxylic acids is 3. The van der Waals surface area contributed by atoms with Gasteiger partial charge in [0.15, 0.2) is 12.2 Å². The number of hydrogen-bond donors (Lipinski definition) is 1. The molecular weight excluding hydrogens is 388 g/mol. The summed E-state index contributed by atoms with van der Waals surface area (Å²) in [6.45, 7) is 1.52. The fraction of sp³-hybridized carbons (Fsp3) is 0.261. The molecule has 3 atom stereocenters. The van der Waals surface area contributed by atoms with Gasteiger partial charge in [-0.1, -0.05) is 36.4 Å². The van der Waals surface area contributed by atoms with E-state index in [9.17, 15) is 19.5 Å². The molecule has 1 aliphatic carbocycles. The van der Waals surface area contributed by atoms with E-state index in [0.29, 0.717) is 11.1 Å². The smallest absolute Gasteiger partial charge is 0.338 e. The molecule has 1 fully saturated rings. The molecule has 1 N–H and O–H groups in total. The lowest BCUT2D eigenvalue weighted by atomic mass is 9.87. The minimum atomic E-state index is -1.80. The van der Waals surface area contributed by atoms with Crippen molar-refractivity contribution in [1.29, 1.82) is 0 Å². The van der Waals surface area contributed by atoms with Gasteiger partial charge in [0, 0.05) is 6.42 Å². The lowest BCUT2D eigenvalue weighted by molar-refractivity contribution is -0.157. The zero-order valence-electron chi connectivity index (χ0n) is 16.2. The number of cyclic esters (lactones) is 1.